The number of methoxy groups -OCH3 is 1. The Labute approximate surface area is 183 Å². The molecule has 0 aliphatic carbocycles. The third-order valence-corrected chi connectivity index (χ3v) is 6.70. The van der Waals surface area contributed by atoms with Gasteiger partial charge in [0.05, 0.1) is 17.7 Å². The molecule has 162 valence electrons. The number of para-hydroxylation sites is 1. The Morgan fingerprint density at radius 2 is 1.68 bits per heavy atom. The first-order chi connectivity index (χ1) is 14.8. The third kappa shape index (κ3) is 5.24. The Hall–Kier alpha value is -3.32. The number of amides is 1. The largest absolute Gasteiger partial charge is 0.496 e. The van der Waals surface area contributed by atoms with Crippen LogP contribution >= 0.6 is 0 Å². The molecule has 1 amide bonds. The molecule has 31 heavy (non-hydrogen) atoms. The Balaban J connectivity index is 1.91. The molecule has 0 aliphatic rings. The van der Waals surface area contributed by atoms with Crippen molar-refractivity contribution in [2.24, 2.45) is 0 Å². The molecule has 3 aromatic rings. The monoisotopic (exact) mass is 438 g/mol. The summed E-state index contributed by atoms with van der Waals surface area (Å²) in [7, 11) is -2.45. The minimum absolute atomic E-state index is 0.0924. The number of aryl methyl sites for hydroxylation is 2. The molecule has 0 saturated heterocycles. The van der Waals surface area contributed by atoms with E-state index >= 15 is 0 Å². The molecular weight excluding hydrogens is 412 g/mol. The van der Waals surface area contributed by atoms with Crippen molar-refractivity contribution in [1.29, 1.82) is 0 Å². The van der Waals surface area contributed by atoms with Gasteiger partial charge in [0.1, 0.15) is 12.3 Å². The van der Waals surface area contributed by atoms with Crippen LogP contribution in [0.15, 0.2) is 77.7 Å². The van der Waals surface area contributed by atoms with Crippen molar-refractivity contribution in [2.45, 2.75) is 25.2 Å². The van der Waals surface area contributed by atoms with Crippen LogP contribution in [0.4, 0.5) is 11.4 Å². The van der Waals surface area contributed by atoms with Gasteiger partial charge in [-0.05, 0) is 66.9 Å². The molecule has 3 aromatic carbocycles. The lowest BCUT2D eigenvalue weighted by Gasteiger charge is -2.24. The van der Waals surface area contributed by atoms with Crippen molar-refractivity contribution in [3.8, 4) is 5.75 Å². The molecule has 0 aromatic heterocycles. The number of anilines is 2. The summed E-state index contributed by atoms with van der Waals surface area (Å²) in [6, 6.07) is 20.7. The zero-order chi connectivity index (χ0) is 22.4. The van der Waals surface area contributed by atoms with Crippen LogP contribution in [0, 0.1) is 6.92 Å². The summed E-state index contributed by atoms with van der Waals surface area (Å²) in [5, 5.41) is 2.78. The van der Waals surface area contributed by atoms with Gasteiger partial charge in [-0.25, -0.2) is 8.42 Å². The Kier molecular flexibility index (Phi) is 6.97. The minimum atomic E-state index is -3.98. The van der Waals surface area contributed by atoms with E-state index in [2.05, 4.69) is 12.2 Å². The summed E-state index contributed by atoms with van der Waals surface area (Å²) in [5.74, 6) is 0.167. The zero-order valence-corrected chi connectivity index (χ0v) is 18.6. The fourth-order valence-corrected chi connectivity index (χ4v) is 4.71. The molecule has 0 bridgehead atoms. The van der Waals surface area contributed by atoms with E-state index in [0.717, 1.165) is 16.3 Å². The van der Waals surface area contributed by atoms with Gasteiger partial charge in [-0.2, -0.15) is 0 Å². The number of nitrogens with one attached hydrogen (secondary N) is 1. The second-order valence-corrected chi connectivity index (χ2v) is 8.94. The molecular formula is C24H26N2O4S. The van der Waals surface area contributed by atoms with Gasteiger partial charge < -0.3 is 10.1 Å². The van der Waals surface area contributed by atoms with E-state index < -0.39 is 15.9 Å². The highest BCUT2D eigenvalue weighted by Crippen LogP contribution is 2.27. The van der Waals surface area contributed by atoms with Crippen LogP contribution in [0.1, 0.15) is 18.1 Å². The number of ether oxygens (including phenoxy) is 1. The number of rotatable bonds is 8. The average Bonchev–Trinajstić information content (AvgIpc) is 2.78. The van der Waals surface area contributed by atoms with Crippen molar-refractivity contribution in [2.75, 3.05) is 23.3 Å². The second kappa shape index (κ2) is 9.66. The fraction of sp³-hybridized carbons (Fsp3) is 0.208. The van der Waals surface area contributed by atoms with Crippen molar-refractivity contribution in [1.82, 2.24) is 0 Å². The molecule has 0 radical (unpaired) electrons. The van der Waals surface area contributed by atoms with Gasteiger partial charge >= 0.3 is 0 Å². The lowest BCUT2D eigenvalue weighted by Crippen LogP contribution is -2.38. The SMILES string of the molecule is CCc1ccc(NC(=O)CN(c2ccccc2)S(=O)(=O)c2ccc(OC)c(C)c2)cc1. The molecule has 6 nitrogen and oxygen atoms in total. The van der Waals surface area contributed by atoms with E-state index in [-0.39, 0.29) is 11.4 Å². The summed E-state index contributed by atoms with van der Waals surface area (Å²) in [5.41, 5.74) is 2.87. The average molecular weight is 439 g/mol. The van der Waals surface area contributed by atoms with Crippen LogP contribution in [-0.4, -0.2) is 28.0 Å². The van der Waals surface area contributed by atoms with Crippen molar-refractivity contribution in [3.63, 3.8) is 0 Å². The maximum Gasteiger partial charge on any atom is 0.264 e. The van der Waals surface area contributed by atoms with Crippen LogP contribution in [0.25, 0.3) is 0 Å². The van der Waals surface area contributed by atoms with Gasteiger partial charge in [0.25, 0.3) is 10.0 Å². The number of sulfonamides is 1. The highest BCUT2D eigenvalue weighted by atomic mass is 32.2. The van der Waals surface area contributed by atoms with Gasteiger partial charge in [-0.15, -0.1) is 0 Å². The predicted octanol–water partition coefficient (Wildman–Crippen LogP) is 4.40. The van der Waals surface area contributed by atoms with Gasteiger partial charge in [-0.3, -0.25) is 9.10 Å². The lowest BCUT2D eigenvalue weighted by atomic mass is 10.1. The lowest BCUT2D eigenvalue weighted by molar-refractivity contribution is -0.114. The maximum atomic E-state index is 13.5. The van der Waals surface area contributed by atoms with Crippen LogP contribution in [0.2, 0.25) is 0 Å². The molecule has 0 unspecified atom stereocenters. The highest BCUT2D eigenvalue weighted by molar-refractivity contribution is 7.92. The molecule has 0 aliphatic heterocycles. The molecule has 0 spiro atoms. The summed E-state index contributed by atoms with van der Waals surface area (Å²) >= 11 is 0. The molecule has 0 heterocycles. The molecule has 0 saturated carbocycles. The Bertz CT molecular complexity index is 1140. The first-order valence-electron chi connectivity index (χ1n) is 9.96. The number of carbonyl (C=O) groups is 1. The van der Waals surface area contributed by atoms with Crippen molar-refractivity contribution >= 4 is 27.3 Å². The summed E-state index contributed by atoms with van der Waals surface area (Å²) < 4.78 is 33.3. The molecule has 1 N–H and O–H groups in total. The quantitative estimate of drug-likeness (QED) is 0.566. The van der Waals surface area contributed by atoms with E-state index in [1.54, 1.807) is 49.4 Å². The third-order valence-electron chi connectivity index (χ3n) is 4.93. The van der Waals surface area contributed by atoms with Crippen LogP contribution in [-0.2, 0) is 21.2 Å². The molecule has 7 heteroatoms. The van der Waals surface area contributed by atoms with Crippen molar-refractivity contribution < 1.29 is 17.9 Å². The first-order valence-corrected chi connectivity index (χ1v) is 11.4. The number of carbonyl (C=O) groups excluding carboxylic acids is 1. The van der Waals surface area contributed by atoms with E-state index in [4.69, 9.17) is 4.74 Å². The van der Waals surface area contributed by atoms with Crippen molar-refractivity contribution in [3.05, 3.63) is 83.9 Å². The Morgan fingerprint density at radius 1 is 1.00 bits per heavy atom. The molecule has 0 fully saturated rings. The molecule has 0 atom stereocenters. The topological polar surface area (TPSA) is 75.7 Å². The smallest absolute Gasteiger partial charge is 0.264 e. The van der Waals surface area contributed by atoms with Gasteiger partial charge in [0.15, 0.2) is 0 Å². The summed E-state index contributed by atoms with van der Waals surface area (Å²) in [4.78, 5) is 12.9. The summed E-state index contributed by atoms with van der Waals surface area (Å²) in [6.45, 7) is 3.47. The predicted molar refractivity (Wildman–Crippen MR) is 123 cm³/mol. The Morgan fingerprint density at radius 3 is 2.26 bits per heavy atom. The van der Waals surface area contributed by atoms with Gasteiger partial charge in [-0.1, -0.05) is 37.3 Å². The maximum absolute atomic E-state index is 13.5. The standard InChI is InChI=1S/C24H26N2O4S/c1-4-19-10-12-20(13-11-19)25-24(27)17-26(21-8-6-5-7-9-21)31(28,29)22-14-15-23(30-3)18(2)16-22/h5-16H,4,17H2,1-3H3,(H,25,27). The van der Waals surface area contributed by atoms with Gasteiger partial charge in [0, 0.05) is 5.69 Å². The van der Waals surface area contributed by atoms with E-state index in [1.165, 1.54) is 13.2 Å². The fourth-order valence-electron chi connectivity index (χ4n) is 3.20. The van der Waals surface area contributed by atoms with E-state index in [0.29, 0.717) is 22.7 Å². The van der Waals surface area contributed by atoms with Crippen LogP contribution in [0.3, 0.4) is 0 Å². The second-order valence-electron chi connectivity index (χ2n) is 7.08. The number of benzene rings is 3. The molecule has 3 rings (SSSR count). The first kappa shape index (κ1) is 22.4. The number of nitrogens with zero attached hydrogens (tertiary/aromatic N) is 1. The van der Waals surface area contributed by atoms with E-state index in [1.807, 2.05) is 24.3 Å². The highest BCUT2D eigenvalue weighted by Gasteiger charge is 2.27. The van der Waals surface area contributed by atoms with E-state index in [9.17, 15) is 13.2 Å². The normalized spacial score (nSPS) is 11.1. The van der Waals surface area contributed by atoms with Crippen LogP contribution in [0.5, 0.6) is 5.75 Å². The van der Waals surface area contributed by atoms with Crippen LogP contribution < -0.4 is 14.4 Å². The summed E-state index contributed by atoms with van der Waals surface area (Å²) in [6.07, 6.45) is 0.898. The number of hydrogen-bond acceptors (Lipinski definition) is 4. The zero-order valence-electron chi connectivity index (χ0n) is 17.8. The van der Waals surface area contributed by atoms with Gasteiger partial charge in [0.2, 0.25) is 5.91 Å². The number of hydrogen-bond donors (Lipinski definition) is 1. The minimum Gasteiger partial charge on any atom is -0.496 e.